The van der Waals surface area contributed by atoms with Crippen LogP contribution < -0.4 is 5.11 Å². The molecule has 0 aromatic heterocycles. The molecule has 0 saturated heterocycles. The van der Waals surface area contributed by atoms with Gasteiger partial charge in [0.05, 0.1) is 31.3 Å². The van der Waals surface area contributed by atoms with Crippen LogP contribution in [0.15, 0.2) is 47.5 Å². The van der Waals surface area contributed by atoms with Crippen LogP contribution in [-0.2, 0) is 33.3 Å². The van der Waals surface area contributed by atoms with E-state index in [1.54, 1.807) is 27.7 Å². The Bertz CT molecular complexity index is 606. The smallest absolute Gasteiger partial charge is 0.345 e. The van der Waals surface area contributed by atoms with Crippen molar-refractivity contribution >= 4 is 17.9 Å². The maximum atomic E-state index is 11.8. The molecule has 0 N–H and O–H groups in total. The molecule has 0 amide bonds. The fourth-order valence-electron chi connectivity index (χ4n) is 1.64. The highest BCUT2D eigenvalue weighted by atomic mass is 16.6. The zero-order chi connectivity index (χ0) is 20.7. The molecular formula is C19H25O8-. The number of allylic oxidation sites excluding steroid dienone is 4. The lowest BCUT2D eigenvalue weighted by molar-refractivity contribution is -0.357. The quantitative estimate of drug-likeness (QED) is 0.100. The van der Waals surface area contributed by atoms with Crippen LogP contribution in [0.5, 0.6) is 0 Å². The minimum atomic E-state index is -0.810. The first-order valence-electron chi connectivity index (χ1n) is 8.53. The van der Waals surface area contributed by atoms with E-state index >= 15 is 0 Å². The van der Waals surface area contributed by atoms with Crippen LogP contribution >= 0.6 is 0 Å². The van der Waals surface area contributed by atoms with Gasteiger partial charge in [-0.25, -0.2) is 14.4 Å². The van der Waals surface area contributed by atoms with Crippen molar-refractivity contribution in [2.75, 3.05) is 26.4 Å². The largest absolute Gasteiger partial charge is 0.613 e. The van der Waals surface area contributed by atoms with Crippen molar-refractivity contribution in [2.45, 2.75) is 27.7 Å². The first-order valence-corrected chi connectivity index (χ1v) is 8.53. The maximum Gasteiger partial charge on any atom is 0.345 e. The van der Waals surface area contributed by atoms with Crippen molar-refractivity contribution in [3.05, 3.63) is 47.5 Å². The Kier molecular flexibility index (Phi) is 12.6. The van der Waals surface area contributed by atoms with Gasteiger partial charge in [0.2, 0.25) is 0 Å². The Morgan fingerprint density at radius 3 is 1.67 bits per heavy atom. The third-order valence-electron chi connectivity index (χ3n) is 2.73. The van der Waals surface area contributed by atoms with Crippen molar-refractivity contribution in [3.63, 3.8) is 0 Å². The van der Waals surface area contributed by atoms with E-state index in [0.29, 0.717) is 0 Å². The van der Waals surface area contributed by atoms with Crippen LogP contribution in [0.2, 0.25) is 0 Å². The Morgan fingerprint density at radius 2 is 1.19 bits per heavy atom. The highest BCUT2D eigenvalue weighted by Crippen LogP contribution is 2.07. The van der Waals surface area contributed by atoms with Gasteiger partial charge < -0.3 is 24.1 Å². The van der Waals surface area contributed by atoms with E-state index < -0.39 is 23.9 Å². The lowest BCUT2D eigenvalue weighted by Crippen LogP contribution is -2.18. The summed E-state index contributed by atoms with van der Waals surface area (Å²) in [4.78, 5) is 35.4. The second-order valence-corrected chi connectivity index (χ2v) is 4.62. The molecule has 0 radical (unpaired) electrons. The maximum absolute atomic E-state index is 11.8. The number of hydrogen-bond acceptors (Lipinski definition) is 8. The third kappa shape index (κ3) is 9.29. The zero-order valence-corrected chi connectivity index (χ0v) is 16.0. The average molecular weight is 381 g/mol. The first-order chi connectivity index (χ1) is 12.9. The number of ether oxygens (including phenoxy) is 4. The van der Waals surface area contributed by atoms with Gasteiger partial charge in [-0.15, -0.1) is 0 Å². The molecule has 0 aliphatic heterocycles. The number of carbonyl (C=O) groups is 3. The van der Waals surface area contributed by atoms with Crippen molar-refractivity contribution in [2.24, 2.45) is 0 Å². The van der Waals surface area contributed by atoms with E-state index in [1.165, 1.54) is 30.4 Å². The molecule has 0 aromatic rings. The van der Waals surface area contributed by atoms with Crippen LogP contribution in [0.4, 0.5) is 0 Å². The Balaban J connectivity index is 5.38. The van der Waals surface area contributed by atoms with Gasteiger partial charge in [0.25, 0.3) is 0 Å². The second kappa shape index (κ2) is 14.2. The normalized spacial score (nSPS) is 11.7. The summed E-state index contributed by atoms with van der Waals surface area (Å²) < 4.78 is 19.2. The number of hydrogen-bond donors (Lipinski definition) is 0. The topological polar surface area (TPSA) is 111 Å². The SMILES string of the molecule is CCOC(=O)C(=C/C=C/C=C/C(C(=O)OCC)=C(\[O-])OCC)C(=O)OCC. The molecule has 0 rings (SSSR count). The van der Waals surface area contributed by atoms with Gasteiger partial charge >= 0.3 is 17.9 Å². The molecule has 27 heavy (non-hydrogen) atoms. The van der Waals surface area contributed by atoms with Crippen LogP contribution in [0.3, 0.4) is 0 Å². The Hall–Kier alpha value is -3.03. The summed E-state index contributed by atoms with van der Waals surface area (Å²) in [5, 5.41) is 11.8. The molecule has 0 bridgehead atoms. The molecule has 0 heterocycles. The van der Waals surface area contributed by atoms with Gasteiger partial charge in [-0.3, -0.25) is 0 Å². The summed E-state index contributed by atoms with van der Waals surface area (Å²) in [6.07, 6.45) is 6.58. The van der Waals surface area contributed by atoms with Gasteiger partial charge in [0.15, 0.2) is 0 Å². The fourth-order valence-corrected chi connectivity index (χ4v) is 1.64. The summed E-state index contributed by atoms with van der Waals surface area (Å²) in [6, 6.07) is 0. The monoisotopic (exact) mass is 381 g/mol. The number of esters is 3. The molecular weight excluding hydrogens is 356 g/mol. The average Bonchev–Trinajstić information content (AvgIpc) is 2.61. The van der Waals surface area contributed by atoms with E-state index in [-0.39, 0.29) is 37.6 Å². The highest BCUT2D eigenvalue weighted by molar-refractivity contribution is 6.14. The van der Waals surface area contributed by atoms with Gasteiger partial charge in [0, 0.05) is 0 Å². The van der Waals surface area contributed by atoms with E-state index in [9.17, 15) is 19.5 Å². The molecule has 8 nitrogen and oxygen atoms in total. The van der Waals surface area contributed by atoms with Crippen LogP contribution in [0, 0.1) is 0 Å². The Morgan fingerprint density at radius 1 is 0.704 bits per heavy atom. The predicted octanol–water partition coefficient (Wildman–Crippen LogP) is 1.32. The fraction of sp³-hybridized carbons (Fsp3) is 0.421. The minimum absolute atomic E-state index is 0.108. The van der Waals surface area contributed by atoms with E-state index in [0.717, 1.165) is 0 Å². The molecule has 0 fully saturated rings. The van der Waals surface area contributed by atoms with Crippen LogP contribution in [-0.4, -0.2) is 44.3 Å². The van der Waals surface area contributed by atoms with Gasteiger partial charge in [-0.1, -0.05) is 25.2 Å². The molecule has 0 aliphatic rings. The van der Waals surface area contributed by atoms with Gasteiger partial charge in [0.1, 0.15) is 5.57 Å². The van der Waals surface area contributed by atoms with Crippen LogP contribution in [0.25, 0.3) is 0 Å². The lowest BCUT2D eigenvalue weighted by Gasteiger charge is -2.15. The molecule has 0 atom stereocenters. The summed E-state index contributed by atoms with van der Waals surface area (Å²) in [5.74, 6) is -3.24. The summed E-state index contributed by atoms with van der Waals surface area (Å²) in [7, 11) is 0. The summed E-state index contributed by atoms with van der Waals surface area (Å²) >= 11 is 0. The van der Waals surface area contributed by atoms with Crippen LogP contribution in [0.1, 0.15) is 27.7 Å². The number of carbonyl (C=O) groups excluding carboxylic acids is 3. The van der Waals surface area contributed by atoms with E-state index in [2.05, 4.69) is 0 Å². The number of rotatable bonds is 11. The molecule has 0 spiro atoms. The third-order valence-corrected chi connectivity index (χ3v) is 2.73. The summed E-state index contributed by atoms with van der Waals surface area (Å²) in [5.41, 5.74) is -0.549. The zero-order valence-electron chi connectivity index (χ0n) is 16.0. The molecule has 8 heteroatoms. The molecule has 150 valence electrons. The standard InChI is InChI=1S/C19H26O8/c1-5-24-16(20)14(17(21)25-6-2)12-10-9-11-13-15(18(22)26-7-3)19(23)27-8-4/h9-13,20H,5-8H2,1-4H3/p-1/b11-9+,12-10+,16-14-. The van der Waals surface area contributed by atoms with E-state index in [1.807, 2.05) is 0 Å². The van der Waals surface area contributed by atoms with Gasteiger partial charge in [-0.2, -0.15) is 0 Å². The highest BCUT2D eigenvalue weighted by Gasteiger charge is 2.19. The summed E-state index contributed by atoms with van der Waals surface area (Å²) in [6.45, 7) is 6.88. The first kappa shape index (κ1) is 24.0. The predicted molar refractivity (Wildman–Crippen MR) is 94.9 cm³/mol. The molecule has 0 aliphatic carbocycles. The van der Waals surface area contributed by atoms with Crippen molar-refractivity contribution < 1.29 is 38.4 Å². The van der Waals surface area contributed by atoms with E-state index in [4.69, 9.17) is 18.9 Å². The Labute approximate surface area is 158 Å². The van der Waals surface area contributed by atoms with Crippen molar-refractivity contribution in [3.8, 4) is 0 Å². The van der Waals surface area contributed by atoms with Gasteiger partial charge in [-0.05, 0) is 39.5 Å². The molecule has 0 saturated carbocycles. The molecule has 0 aromatic carbocycles. The molecule has 0 unspecified atom stereocenters. The minimum Gasteiger partial charge on any atom is -0.613 e. The van der Waals surface area contributed by atoms with Crippen molar-refractivity contribution in [1.29, 1.82) is 0 Å². The van der Waals surface area contributed by atoms with Crippen molar-refractivity contribution in [1.82, 2.24) is 0 Å². The second-order valence-electron chi connectivity index (χ2n) is 4.62. The lowest BCUT2D eigenvalue weighted by atomic mass is 10.2.